The first-order valence-corrected chi connectivity index (χ1v) is 10.9. The van der Waals surface area contributed by atoms with Crippen LogP contribution in [0.25, 0.3) is 11.3 Å². The number of aryl methyl sites for hydroxylation is 1. The fourth-order valence-corrected chi connectivity index (χ4v) is 4.19. The summed E-state index contributed by atoms with van der Waals surface area (Å²) in [5.41, 5.74) is 5.77. The summed E-state index contributed by atoms with van der Waals surface area (Å²) in [6.07, 6.45) is 3.19. The van der Waals surface area contributed by atoms with E-state index in [4.69, 9.17) is 23.2 Å². The molecule has 0 bridgehead atoms. The van der Waals surface area contributed by atoms with E-state index in [-0.39, 0.29) is 11.7 Å². The highest BCUT2D eigenvalue weighted by Crippen LogP contribution is 2.27. The van der Waals surface area contributed by atoms with Crippen LogP contribution in [-0.4, -0.2) is 38.8 Å². The van der Waals surface area contributed by atoms with Crippen molar-refractivity contribution in [3.05, 3.63) is 81.1 Å². The van der Waals surface area contributed by atoms with E-state index in [1.807, 2.05) is 36.9 Å². The largest absolute Gasteiger partial charge is 0.508 e. The molecule has 0 unspecified atom stereocenters. The predicted molar refractivity (Wildman–Crippen MR) is 124 cm³/mol. The van der Waals surface area contributed by atoms with Gasteiger partial charge in [0.2, 0.25) is 5.91 Å². The molecule has 0 atom stereocenters. The molecular formula is C24H23Cl2N3O2. The number of hydrogen-bond acceptors (Lipinski definition) is 3. The summed E-state index contributed by atoms with van der Waals surface area (Å²) in [5, 5.41) is 15.0. The zero-order valence-corrected chi connectivity index (χ0v) is 18.9. The second kappa shape index (κ2) is 8.77. The fourth-order valence-electron chi connectivity index (χ4n) is 3.90. The van der Waals surface area contributed by atoms with Gasteiger partial charge in [-0.1, -0.05) is 41.4 Å². The van der Waals surface area contributed by atoms with Gasteiger partial charge in [-0.2, -0.15) is 5.10 Å². The number of phenols is 1. The minimum absolute atomic E-state index is 0.0842. The Kier molecular flexibility index (Phi) is 6.08. The van der Waals surface area contributed by atoms with E-state index < -0.39 is 0 Å². The fraction of sp³-hybridized carbons (Fsp3) is 0.250. The third kappa shape index (κ3) is 4.48. The monoisotopic (exact) mass is 455 g/mol. The first-order valence-electron chi connectivity index (χ1n) is 10.1. The van der Waals surface area contributed by atoms with Gasteiger partial charge in [-0.05, 0) is 61.7 Å². The third-order valence-corrected chi connectivity index (χ3v) is 6.46. The zero-order valence-electron chi connectivity index (χ0n) is 17.4. The average Bonchev–Trinajstić information content (AvgIpc) is 3.04. The number of benzene rings is 2. The van der Waals surface area contributed by atoms with Gasteiger partial charge in [0, 0.05) is 24.3 Å². The molecule has 2 heterocycles. The lowest BCUT2D eigenvalue weighted by Crippen LogP contribution is -2.35. The van der Waals surface area contributed by atoms with Crippen LogP contribution in [0.2, 0.25) is 10.0 Å². The van der Waals surface area contributed by atoms with E-state index in [1.165, 1.54) is 5.57 Å². The Morgan fingerprint density at radius 3 is 2.48 bits per heavy atom. The average molecular weight is 456 g/mol. The van der Waals surface area contributed by atoms with Gasteiger partial charge in [0.25, 0.3) is 0 Å². The molecule has 0 saturated carbocycles. The Morgan fingerprint density at radius 2 is 1.84 bits per heavy atom. The molecule has 0 radical (unpaired) electrons. The highest BCUT2D eigenvalue weighted by Gasteiger charge is 2.22. The highest BCUT2D eigenvalue weighted by molar-refractivity contribution is 6.42. The van der Waals surface area contributed by atoms with Gasteiger partial charge >= 0.3 is 0 Å². The zero-order chi connectivity index (χ0) is 22.1. The van der Waals surface area contributed by atoms with E-state index in [0.717, 1.165) is 34.6 Å². The van der Waals surface area contributed by atoms with Crippen LogP contribution in [0.5, 0.6) is 5.75 Å². The van der Waals surface area contributed by atoms with Gasteiger partial charge in [-0.15, -0.1) is 0 Å². The summed E-state index contributed by atoms with van der Waals surface area (Å²) < 4.78 is 1.80. The van der Waals surface area contributed by atoms with Crippen molar-refractivity contribution in [2.75, 3.05) is 13.1 Å². The minimum atomic E-state index is 0.0842. The van der Waals surface area contributed by atoms with Crippen molar-refractivity contribution in [3.63, 3.8) is 0 Å². The second-order valence-corrected chi connectivity index (χ2v) is 8.52. The van der Waals surface area contributed by atoms with E-state index in [1.54, 1.807) is 28.9 Å². The third-order valence-electron chi connectivity index (χ3n) is 5.72. The van der Waals surface area contributed by atoms with Crippen LogP contribution in [0.4, 0.5) is 0 Å². The van der Waals surface area contributed by atoms with Crippen molar-refractivity contribution >= 4 is 34.7 Å². The molecule has 7 heteroatoms. The lowest BCUT2D eigenvalue weighted by Gasteiger charge is -2.27. The maximum absolute atomic E-state index is 13.0. The Labute approximate surface area is 191 Å². The van der Waals surface area contributed by atoms with Gasteiger partial charge in [-0.25, -0.2) is 4.68 Å². The Morgan fingerprint density at radius 1 is 1.10 bits per heavy atom. The molecule has 160 valence electrons. The normalized spacial score (nSPS) is 13.9. The van der Waals surface area contributed by atoms with Crippen LogP contribution in [0.1, 0.15) is 28.9 Å². The Hall–Kier alpha value is -2.76. The Balaban J connectivity index is 1.48. The van der Waals surface area contributed by atoms with Crippen molar-refractivity contribution in [3.8, 4) is 11.4 Å². The molecule has 0 fully saturated rings. The smallest absolute Gasteiger partial charge is 0.227 e. The first kappa shape index (κ1) is 21.5. The number of phenolic OH excluding ortho intramolecular Hbond substituents is 1. The lowest BCUT2D eigenvalue weighted by atomic mass is 9.99. The molecule has 1 amide bonds. The van der Waals surface area contributed by atoms with Crippen molar-refractivity contribution < 1.29 is 9.90 Å². The number of halogens is 2. The predicted octanol–water partition coefficient (Wildman–Crippen LogP) is 5.36. The molecule has 0 spiro atoms. The number of carbonyl (C=O) groups excluding carboxylic acids is 1. The molecule has 1 aliphatic rings. The summed E-state index contributed by atoms with van der Waals surface area (Å²) in [6.45, 7) is 5.13. The van der Waals surface area contributed by atoms with Gasteiger partial charge in [0.15, 0.2) is 0 Å². The molecule has 1 aliphatic heterocycles. The maximum Gasteiger partial charge on any atom is 0.227 e. The number of amides is 1. The van der Waals surface area contributed by atoms with Crippen LogP contribution in [0.15, 0.2) is 48.5 Å². The molecule has 0 saturated heterocycles. The standard InChI is InChI=1S/C24H23Cl2N3O2/c1-15-21(16(2)29(27-15)19-5-8-22(25)23(26)13-19)14-24(31)28-11-9-18(10-12-28)17-3-6-20(30)7-4-17/h3-9,13,30H,10-12,14H2,1-2H3. The van der Waals surface area contributed by atoms with Crippen molar-refractivity contribution in [1.82, 2.24) is 14.7 Å². The van der Waals surface area contributed by atoms with Gasteiger partial charge < -0.3 is 10.0 Å². The molecule has 5 nitrogen and oxygen atoms in total. The Bertz CT molecular complexity index is 1170. The van der Waals surface area contributed by atoms with Crippen LogP contribution < -0.4 is 0 Å². The molecule has 1 N–H and O–H groups in total. The van der Waals surface area contributed by atoms with Crippen LogP contribution in [0.3, 0.4) is 0 Å². The van der Waals surface area contributed by atoms with E-state index >= 15 is 0 Å². The van der Waals surface area contributed by atoms with Crippen molar-refractivity contribution in [1.29, 1.82) is 0 Å². The van der Waals surface area contributed by atoms with Crippen LogP contribution in [-0.2, 0) is 11.2 Å². The number of nitrogens with zero attached hydrogens (tertiary/aromatic N) is 3. The molecular weight excluding hydrogens is 433 g/mol. The summed E-state index contributed by atoms with van der Waals surface area (Å²) >= 11 is 12.2. The maximum atomic E-state index is 13.0. The number of hydrogen-bond donors (Lipinski definition) is 1. The van der Waals surface area contributed by atoms with Gasteiger partial charge in [-0.3, -0.25) is 4.79 Å². The second-order valence-electron chi connectivity index (χ2n) is 7.70. The summed E-state index contributed by atoms with van der Waals surface area (Å²) in [5.74, 6) is 0.338. The highest BCUT2D eigenvalue weighted by atomic mass is 35.5. The van der Waals surface area contributed by atoms with E-state index in [9.17, 15) is 9.90 Å². The van der Waals surface area contributed by atoms with E-state index in [0.29, 0.717) is 29.6 Å². The SMILES string of the molecule is Cc1nn(-c2ccc(Cl)c(Cl)c2)c(C)c1CC(=O)N1CC=C(c2ccc(O)cc2)CC1. The molecule has 1 aromatic heterocycles. The summed E-state index contributed by atoms with van der Waals surface area (Å²) in [6, 6.07) is 12.6. The molecule has 4 rings (SSSR count). The van der Waals surface area contributed by atoms with Gasteiger partial charge in [0.05, 0.1) is 27.8 Å². The quantitative estimate of drug-likeness (QED) is 0.575. The summed E-state index contributed by atoms with van der Waals surface area (Å²) in [7, 11) is 0. The first-order chi connectivity index (χ1) is 14.8. The molecule has 0 aliphatic carbocycles. The number of rotatable bonds is 4. The molecule has 2 aromatic carbocycles. The lowest BCUT2D eigenvalue weighted by molar-refractivity contribution is -0.130. The summed E-state index contributed by atoms with van der Waals surface area (Å²) in [4.78, 5) is 14.9. The van der Waals surface area contributed by atoms with Crippen LogP contribution >= 0.6 is 23.2 Å². The van der Waals surface area contributed by atoms with Crippen molar-refractivity contribution in [2.45, 2.75) is 26.7 Å². The number of carbonyl (C=O) groups is 1. The number of aromatic nitrogens is 2. The van der Waals surface area contributed by atoms with Gasteiger partial charge in [0.1, 0.15) is 5.75 Å². The van der Waals surface area contributed by atoms with E-state index in [2.05, 4.69) is 11.2 Å². The number of aromatic hydroxyl groups is 1. The minimum Gasteiger partial charge on any atom is -0.508 e. The molecule has 3 aromatic rings. The van der Waals surface area contributed by atoms with Crippen LogP contribution in [0, 0.1) is 13.8 Å². The van der Waals surface area contributed by atoms with Crippen molar-refractivity contribution in [2.24, 2.45) is 0 Å². The topological polar surface area (TPSA) is 58.4 Å². The molecule has 31 heavy (non-hydrogen) atoms.